The lowest BCUT2D eigenvalue weighted by molar-refractivity contribution is 0.168. The second kappa shape index (κ2) is 5.05. The lowest BCUT2D eigenvalue weighted by Crippen LogP contribution is -2.02. The molecule has 0 spiro atoms. The van der Waals surface area contributed by atoms with E-state index in [-0.39, 0.29) is 0 Å². The molecule has 2 rings (SSSR count). The molecule has 2 aromatic rings. The fraction of sp³-hybridized carbons (Fsp3) is 0.600. The summed E-state index contributed by atoms with van der Waals surface area (Å²) in [5.74, 6) is 1.17. The zero-order valence-electron chi connectivity index (χ0n) is 9.87. The average molecular weight is 237 g/mol. The van der Waals surface area contributed by atoms with Crippen LogP contribution in [0.1, 0.15) is 43.8 Å². The smallest absolute Gasteiger partial charge is 0.226 e. The van der Waals surface area contributed by atoms with Crippen LogP contribution in [0.4, 0.5) is 0 Å². The van der Waals surface area contributed by atoms with Gasteiger partial charge in [-0.15, -0.1) is 5.10 Å². The minimum Gasteiger partial charge on any atom is -0.387 e. The van der Waals surface area contributed by atoms with Gasteiger partial charge in [0.05, 0.1) is 12.3 Å². The van der Waals surface area contributed by atoms with Crippen LogP contribution in [-0.2, 0) is 13.0 Å². The Morgan fingerprint density at radius 2 is 2.29 bits per heavy atom. The van der Waals surface area contributed by atoms with Gasteiger partial charge in [0, 0.05) is 6.42 Å². The lowest BCUT2D eigenvalue weighted by atomic mass is 10.2. The molecule has 0 fully saturated rings. The normalized spacial score (nSPS) is 12.9. The Morgan fingerprint density at radius 1 is 1.47 bits per heavy atom. The third kappa shape index (κ3) is 2.68. The molecular formula is C10H15N5O2. The zero-order valence-corrected chi connectivity index (χ0v) is 9.87. The highest BCUT2D eigenvalue weighted by Gasteiger charge is 2.11. The van der Waals surface area contributed by atoms with E-state index in [0.717, 1.165) is 0 Å². The molecule has 0 amide bonds. The van der Waals surface area contributed by atoms with Crippen molar-refractivity contribution in [3.63, 3.8) is 0 Å². The molecule has 0 bridgehead atoms. The highest BCUT2D eigenvalue weighted by atomic mass is 16.5. The van der Waals surface area contributed by atoms with E-state index in [4.69, 9.17) is 4.52 Å². The molecule has 0 aliphatic carbocycles. The van der Waals surface area contributed by atoms with Gasteiger partial charge >= 0.3 is 0 Å². The zero-order chi connectivity index (χ0) is 12.3. The molecule has 7 nitrogen and oxygen atoms in total. The van der Waals surface area contributed by atoms with Crippen molar-refractivity contribution in [1.82, 2.24) is 25.1 Å². The third-order valence-corrected chi connectivity index (χ3v) is 2.40. The van der Waals surface area contributed by atoms with E-state index in [1.54, 1.807) is 10.9 Å². The molecule has 0 aliphatic heterocycles. The number of nitrogens with zero attached hydrogens (tertiary/aromatic N) is 5. The van der Waals surface area contributed by atoms with Gasteiger partial charge in [-0.3, -0.25) is 0 Å². The molecule has 92 valence electrons. The first-order chi connectivity index (χ1) is 8.22. The van der Waals surface area contributed by atoms with Crippen LogP contribution in [0.3, 0.4) is 0 Å². The quantitative estimate of drug-likeness (QED) is 0.823. The Kier molecular flexibility index (Phi) is 3.48. The van der Waals surface area contributed by atoms with Crippen molar-refractivity contribution in [3.8, 4) is 0 Å². The molecule has 2 heterocycles. The SMILES string of the molecule is CCc1nc(Cn2cc(C(O)CC)nn2)no1. The van der Waals surface area contributed by atoms with Crippen LogP contribution >= 0.6 is 0 Å². The molecule has 1 atom stereocenters. The Morgan fingerprint density at radius 3 is 2.94 bits per heavy atom. The molecule has 0 aromatic carbocycles. The highest BCUT2D eigenvalue weighted by Crippen LogP contribution is 2.12. The Labute approximate surface area is 98.5 Å². The predicted octanol–water partition coefficient (Wildman–Crippen LogP) is 0.715. The summed E-state index contributed by atoms with van der Waals surface area (Å²) in [5, 5.41) is 21.2. The summed E-state index contributed by atoms with van der Waals surface area (Å²) in [7, 11) is 0. The Balaban J connectivity index is 2.06. The van der Waals surface area contributed by atoms with E-state index in [1.807, 2.05) is 13.8 Å². The monoisotopic (exact) mass is 237 g/mol. The second-order valence-corrected chi connectivity index (χ2v) is 3.72. The summed E-state index contributed by atoms with van der Waals surface area (Å²) < 4.78 is 6.57. The topological polar surface area (TPSA) is 89.9 Å². The van der Waals surface area contributed by atoms with Crippen molar-refractivity contribution in [2.24, 2.45) is 0 Å². The summed E-state index contributed by atoms with van der Waals surface area (Å²) in [6.07, 6.45) is 2.45. The van der Waals surface area contributed by atoms with E-state index >= 15 is 0 Å². The minimum atomic E-state index is -0.569. The number of aryl methyl sites for hydroxylation is 1. The van der Waals surface area contributed by atoms with Crippen molar-refractivity contribution in [1.29, 1.82) is 0 Å². The number of hydrogen-bond acceptors (Lipinski definition) is 6. The van der Waals surface area contributed by atoms with Gasteiger partial charge in [-0.2, -0.15) is 4.98 Å². The van der Waals surface area contributed by atoms with Gasteiger partial charge in [-0.1, -0.05) is 24.2 Å². The summed E-state index contributed by atoms with van der Waals surface area (Å²) in [4.78, 5) is 4.17. The van der Waals surface area contributed by atoms with E-state index in [2.05, 4.69) is 20.5 Å². The first-order valence-electron chi connectivity index (χ1n) is 5.62. The molecule has 1 N–H and O–H groups in total. The fourth-order valence-electron chi connectivity index (χ4n) is 1.40. The first kappa shape index (κ1) is 11.7. The van der Waals surface area contributed by atoms with Gasteiger partial charge in [0.2, 0.25) is 5.89 Å². The van der Waals surface area contributed by atoms with E-state index < -0.39 is 6.10 Å². The van der Waals surface area contributed by atoms with Gasteiger partial charge in [0.1, 0.15) is 12.2 Å². The molecule has 1 unspecified atom stereocenters. The van der Waals surface area contributed by atoms with Crippen LogP contribution < -0.4 is 0 Å². The molecule has 2 aromatic heterocycles. The molecule has 0 aliphatic rings. The number of hydrogen-bond donors (Lipinski definition) is 1. The molecular weight excluding hydrogens is 222 g/mol. The lowest BCUT2D eigenvalue weighted by Gasteiger charge is -2.00. The van der Waals surface area contributed by atoms with Gasteiger partial charge in [0.15, 0.2) is 5.82 Å². The number of aliphatic hydroxyl groups is 1. The standard InChI is InChI=1S/C10H15N5O2/c1-3-8(16)7-5-15(14-12-7)6-9-11-10(4-2)17-13-9/h5,8,16H,3-4,6H2,1-2H3. The largest absolute Gasteiger partial charge is 0.387 e. The van der Waals surface area contributed by atoms with Crippen LogP contribution in [-0.4, -0.2) is 30.2 Å². The maximum atomic E-state index is 9.59. The van der Waals surface area contributed by atoms with E-state index in [1.165, 1.54) is 0 Å². The van der Waals surface area contributed by atoms with Crippen LogP contribution in [0.5, 0.6) is 0 Å². The van der Waals surface area contributed by atoms with Crippen molar-refractivity contribution in [2.45, 2.75) is 39.3 Å². The summed E-state index contributed by atoms with van der Waals surface area (Å²) in [6.45, 7) is 4.23. The summed E-state index contributed by atoms with van der Waals surface area (Å²) in [6, 6.07) is 0. The van der Waals surface area contributed by atoms with Crippen molar-refractivity contribution in [2.75, 3.05) is 0 Å². The van der Waals surface area contributed by atoms with Crippen LogP contribution in [0.15, 0.2) is 10.7 Å². The minimum absolute atomic E-state index is 0.396. The Hall–Kier alpha value is -1.76. The first-order valence-corrected chi connectivity index (χ1v) is 5.62. The maximum Gasteiger partial charge on any atom is 0.226 e. The molecule has 0 saturated carbocycles. The Bertz CT molecular complexity index is 479. The number of aliphatic hydroxyl groups excluding tert-OH is 1. The molecule has 0 saturated heterocycles. The maximum absolute atomic E-state index is 9.59. The summed E-state index contributed by atoms with van der Waals surface area (Å²) >= 11 is 0. The van der Waals surface area contributed by atoms with Gasteiger partial charge in [0.25, 0.3) is 0 Å². The van der Waals surface area contributed by atoms with E-state index in [0.29, 0.717) is 36.8 Å². The number of aromatic nitrogens is 5. The van der Waals surface area contributed by atoms with Gasteiger partial charge in [-0.25, -0.2) is 4.68 Å². The van der Waals surface area contributed by atoms with Crippen molar-refractivity contribution >= 4 is 0 Å². The summed E-state index contributed by atoms with van der Waals surface area (Å²) in [5.41, 5.74) is 0.562. The number of rotatable bonds is 5. The van der Waals surface area contributed by atoms with Gasteiger partial charge < -0.3 is 9.63 Å². The molecule has 0 radical (unpaired) electrons. The van der Waals surface area contributed by atoms with Gasteiger partial charge in [-0.05, 0) is 6.42 Å². The molecule has 7 heteroatoms. The second-order valence-electron chi connectivity index (χ2n) is 3.72. The van der Waals surface area contributed by atoms with Crippen LogP contribution in [0, 0.1) is 0 Å². The predicted molar refractivity (Wildman–Crippen MR) is 58.1 cm³/mol. The van der Waals surface area contributed by atoms with Crippen LogP contribution in [0.25, 0.3) is 0 Å². The van der Waals surface area contributed by atoms with Crippen molar-refractivity contribution in [3.05, 3.63) is 23.6 Å². The highest BCUT2D eigenvalue weighted by molar-refractivity contribution is 4.98. The fourth-order valence-corrected chi connectivity index (χ4v) is 1.40. The average Bonchev–Trinajstić information content (AvgIpc) is 2.97. The van der Waals surface area contributed by atoms with Crippen molar-refractivity contribution < 1.29 is 9.63 Å². The molecule has 17 heavy (non-hydrogen) atoms. The van der Waals surface area contributed by atoms with Crippen LogP contribution in [0.2, 0.25) is 0 Å². The van der Waals surface area contributed by atoms with E-state index in [9.17, 15) is 5.11 Å². The third-order valence-electron chi connectivity index (χ3n) is 2.40.